The van der Waals surface area contributed by atoms with Crippen molar-refractivity contribution in [2.45, 2.75) is 213 Å². The van der Waals surface area contributed by atoms with Crippen LogP contribution in [0.15, 0.2) is 146 Å². The van der Waals surface area contributed by atoms with Crippen LogP contribution in [0.1, 0.15) is 206 Å². The molecule has 9 nitrogen and oxygen atoms in total. The van der Waals surface area contributed by atoms with E-state index in [1.807, 2.05) is 21.1 Å². The summed E-state index contributed by atoms with van der Waals surface area (Å²) in [6, 6.07) is 0. The summed E-state index contributed by atoms with van der Waals surface area (Å²) in [5, 5.41) is 0. The number of likely N-dealkylation sites (N-methyl/N-ethyl adjacent to an activating group) is 1. The van der Waals surface area contributed by atoms with Crippen LogP contribution in [0, 0.1) is 0 Å². The third kappa shape index (κ3) is 59.1. The van der Waals surface area contributed by atoms with Gasteiger partial charge in [-0.1, -0.05) is 237 Å². The van der Waals surface area contributed by atoms with Crippen molar-refractivity contribution >= 4 is 19.8 Å². The molecule has 0 heterocycles. The minimum atomic E-state index is -4.65. The van der Waals surface area contributed by atoms with Gasteiger partial charge in [-0.05, 0) is 103 Å². The summed E-state index contributed by atoms with van der Waals surface area (Å²) in [7, 11) is 1.13. The molecular weight excluding hydrogens is 966 g/mol. The smallest absolute Gasteiger partial charge is 0.306 e. The van der Waals surface area contributed by atoms with Gasteiger partial charge in [0.1, 0.15) is 19.8 Å². The van der Waals surface area contributed by atoms with Gasteiger partial charge in [0.15, 0.2) is 6.10 Å². The summed E-state index contributed by atoms with van der Waals surface area (Å²) in [6.07, 6.45) is 82.0. The first kappa shape index (κ1) is 71.9. The second-order valence-electron chi connectivity index (χ2n) is 20.3. The van der Waals surface area contributed by atoms with Crippen LogP contribution in [-0.2, 0) is 32.7 Å². The van der Waals surface area contributed by atoms with E-state index in [-0.39, 0.29) is 26.1 Å². The van der Waals surface area contributed by atoms with Gasteiger partial charge in [-0.3, -0.25) is 14.2 Å². The number of unbranched alkanes of at least 4 members (excludes halogenated alkanes) is 14. The van der Waals surface area contributed by atoms with Gasteiger partial charge < -0.3 is 27.9 Å². The number of esters is 2. The van der Waals surface area contributed by atoms with Gasteiger partial charge in [0.05, 0.1) is 27.7 Å². The SMILES string of the molecule is CC/C=C\C/C=C\C/C=C\C/C=C\C/C=C\C/C=C\C/C=C\C/C=C\C/C=C\C/C=C\C/C=C\C/C=C\CCCCCCC(=O)OC(COC(=O)CCCCCCCCCCCCC)COP(=O)([O-])OCC[N+](C)(C)C. The summed E-state index contributed by atoms with van der Waals surface area (Å²) < 4.78 is 34.0. The van der Waals surface area contributed by atoms with Crippen molar-refractivity contribution in [1.29, 1.82) is 0 Å². The predicted octanol–water partition coefficient (Wildman–Crippen LogP) is 18.1. The number of phosphoric ester groups is 1. The summed E-state index contributed by atoms with van der Waals surface area (Å²) in [4.78, 5) is 37.7. The molecule has 0 aliphatic heterocycles. The Hall–Kier alpha value is -4.11. The fraction of sp³-hybridized carbons (Fsp3) is 0.606. The van der Waals surface area contributed by atoms with Crippen molar-refractivity contribution in [2.24, 2.45) is 0 Å². The van der Waals surface area contributed by atoms with Crippen LogP contribution in [0.3, 0.4) is 0 Å². The predicted molar refractivity (Wildman–Crippen MR) is 323 cm³/mol. The van der Waals surface area contributed by atoms with Crippen LogP contribution in [0.5, 0.6) is 0 Å². The Kier molecular flexibility index (Phi) is 52.6. The summed E-state index contributed by atoms with van der Waals surface area (Å²) in [5.41, 5.74) is 0. The van der Waals surface area contributed by atoms with Gasteiger partial charge in [-0.25, -0.2) is 0 Å². The number of quaternary nitrogens is 1. The van der Waals surface area contributed by atoms with Crippen LogP contribution in [0.4, 0.5) is 0 Å². The molecule has 0 spiro atoms. The number of nitrogens with zero attached hydrogens (tertiary/aromatic N) is 1. The van der Waals surface area contributed by atoms with E-state index in [1.54, 1.807) is 0 Å². The molecular formula is C66H108NO8P. The lowest BCUT2D eigenvalue weighted by atomic mass is 10.1. The third-order valence-electron chi connectivity index (χ3n) is 11.9. The summed E-state index contributed by atoms with van der Waals surface area (Å²) in [6.45, 7) is 4.06. The van der Waals surface area contributed by atoms with E-state index in [0.717, 1.165) is 122 Å². The maximum Gasteiger partial charge on any atom is 0.306 e. The fourth-order valence-electron chi connectivity index (χ4n) is 7.34. The fourth-order valence-corrected chi connectivity index (χ4v) is 8.07. The molecule has 0 aliphatic carbocycles. The van der Waals surface area contributed by atoms with Gasteiger partial charge in [0, 0.05) is 12.8 Å². The van der Waals surface area contributed by atoms with E-state index in [2.05, 4.69) is 160 Å². The van der Waals surface area contributed by atoms with Crippen LogP contribution in [0.25, 0.3) is 0 Å². The first-order chi connectivity index (χ1) is 37.0. The Morgan fingerprint density at radius 3 is 1.12 bits per heavy atom. The molecule has 2 atom stereocenters. The molecule has 10 heteroatoms. The number of hydrogen-bond acceptors (Lipinski definition) is 8. The highest BCUT2D eigenvalue weighted by Gasteiger charge is 2.21. The van der Waals surface area contributed by atoms with E-state index in [1.165, 1.54) is 51.4 Å². The molecule has 0 aromatic heterocycles. The molecule has 2 unspecified atom stereocenters. The molecule has 0 amide bonds. The molecule has 76 heavy (non-hydrogen) atoms. The summed E-state index contributed by atoms with van der Waals surface area (Å²) in [5.74, 6) is -0.873. The number of hydrogen-bond donors (Lipinski definition) is 0. The van der Waals surface area contributed by atoms with Gasteiger partial charge >= 0.3 is 11.9 Å². The Bertz CT molecular complexity index is 1790. The summed E-state index contributed by atoms with van der Waals surface area (Å²) >= 11 is 0. The highest BCUT2D eigenvalue weighted by molar-refractivity contribution is 7.45. The van der Waals surface area contributed by atoms with Crippen LogP contribution >= 0.6 is 7.82 Å². The van der Waals surface area contributed by atoms with Crippen molar-refractivity contribution in [2.75, 3.05) is 47.5 Å². The number of allylic oxidation sites excluding steroid dienone is 24. The second kappa shape index (κ2) is 55.6. The molecule has 0 bridgehead atoms. The number of rotatable bonds is 52. The van der Waals surface area contributed by atoms with Gasteiger partial charge in [0.25, 0.3) is 7.82 Å². The highest BCUT2D eigenvalue weighted by Crippen LogP contribution is 2.38. The Balaban J connectivity index is 4.16. The van der Waals surface area contributed by atoms with Gasteiger partial charge in [-0.2, -0.15) is 0 Å². The second-order valence-corrected chi connectivity index (χ2v) is 21.7. The zero-order valence-corrected chi connectivity index (χ0v) is 49.5. The van der Waals surface area contributed by atoms with Crippen LogP contribution in [-0.4, -0.2) is 70.0 Å². The van der Waals surface area contributed by atoms with Crippen molar-refractivity contribution < 1.29 is 42.1 Å². The van der Waals surface area contributed by atoms with E-state index >= 15 is 0 Å². The topological polar surface area (TPSA) is 111 Å². The van der Waals surface area contributed by atoms with Crippen molar-refractivity contribution in [3.63, 3.8) is 0 Å². The molecule has 0 saturated carbocycles. The lowest BCUT2D eigenvalue weighted by molar-refractivity contribution is -0.870. The minimum Gasteiger partial charge on any atom is -0.756 e. The third-order valence-corrected chi connectivity index (χ3v) is 12.8. The van der Waals surface area contributed by atoms with E-state index < -0.39 is 32.5 Å². The maximum atomic E-state index is 12.8. The normalized spacial score (nSPS) is 14.3. The molecule has 0 rings (SSSR count). The molecule has 0 aromatic carbocycles. The molecule has 0 aromatic rings. The largest absolute Gasteiger partial charge is 0.756 e. The number of ether oxygens (including phenoxy) is 2. The maximum absolute atomic E-state index is 12.8. The van der Waals surface area contributed by atoms with E-state index in [0.29, 0.717) is 17.4 Å². The molecule has 0 N–H and O–H groups in total. The number of carbonyl (C=O) groups excluding carboxylic acids is 2. The molecule has 0 radical (unpaired) electrons. The van der Waals surface area contributed by atoms with Crippen molar-refractivity contribution in [3.8, 4) is 0 Å². The molecule has 430 valence electrons. The average molecular weight is 1070 g/mol. The lowest BCUT2D eigenvalue weighted by Gasteiger charge is -2.28. The van der Waals surface area contributed by atoms with Crippen molar-refractivity contribution in [3.05, 3.63) is 146 Å². The average Bonchev–Trinajstić information content (AvgIpc) is 3.38. The van der Waals surface area contributed by atoms with Crippen LogP contribution < -0.4 is 4.89 Å². The molecule has 0 aliphatic rings. The zero-order valence-electron chi connectivity index (χ0n) is 48.6. The number of phosphoric acid groups is 1. The van der Waals surface area contributed by atoms with Crippen LogP contribution in [0.2, 0.25) is 0 Å². The minimum absolute atomic E-state index is 0.0424. The zero-order chi connectivity index (χ0) is 55.6. The molecule has 0 saturated heterocycles. The Labute approximate surface area is 465 Å². The highest BCUT2D eigenvalue weighted by atomic mass is 31.2. The van der Waals surface area contributed by atoms with Gasteiger partial charge in [-0.15, -0.1) is 0 Å². The Morgan fingerprint density at radius 2 is 0.750 bits per heavy atom. The molecule has 0 fully saturated rings. The quantitative estimate of drug-likeness (QED) is 0.0195. The monoisotopic (exact) mass is 1070 g/mol. The first-order valence-corrected chi connectivity index (χ1v) is 31.0. The van der Waals surface area contributed by atoms with E-state index in [4.69, 9.17) is 18.5 Å². The first-order valence-electron chi connectivity index (χ1n) is 29.5. The Morgan fingerprint density at radius 1 is 0.421 bits per heavy atom. The lowest BCUT2D eigenvalue weighted by Crippen LogP contribution is -2.37. The van der Waals surface area contributed by atoms with E-state index in [9.17, 15) is 19.0 Å². The van der Waals surface area contributed by atoms with Crippen molar-refractivity contribution in [1.82, 2.24) is 0 Å². The van der Waals surface area contributed by atoms with Gasteiger partial charge in [0.2, 0.25) is 0 Å². The number of carbonyl (C=O) groups is 2. The standard InChI is InChI=1S/C66H108NO8P/c1-6-8-10-12-14-16-18-19-20-21-22-23-24-25-26-27-28-29-30-31-32-33-34-35-36-37-38-39-40-41-42-43-44-45-46-47-49-51-53-55-57-59-66(69)75-64(63-74-76(70,71)73-61-60-67(3,4)5)62-72-65(68)58-56-54-52-50-48-17-15-13-11-9-7-2/h8,10,14,16,19-20,22-23,25-26,28-29,31-32,34-35,37-38,40-41,43-44,46-47,64H,6-7,9,11-13,15,17-18,21,24,27,30,33,36,39,42,45,48-63H2,1-5H3/b10-8-,16-14-,20-19-,23-22-,26-25-,29-28-,32-31-,35-34-,38-37-,41-40-,44-43-,47-46-.